The van der Waals surface area contributed by atoms with Crippen LogP contribution in [0.25, 0.3) is 0 Å². The molecule has 0 aliphatic carbocycles. The average molecular weight is 394 g/mol. The molecule has 2 saturated heterocycles. The van der Waals surface area contributed by atoms with Crippen molar-refractivity contribution in [2.24, 2.45) is 5.92 Å². The molecule has 2 heterocycles. The second-order valence-electron chi connectivity index (χ2n) is 8.04. The minimum absolute atomic E-state index is 0.0542. The van der Waals surface area contributed by atoms with Gasteiger partial charge in [0.2, 0.25) is 0 Å². The number of anilines is 1. The van der Waals surface area contributed by atoms with E-state index in [1.165, 1.54) is 0 Å². The third-order valence-electron chi connectivity index (χ3n) is 5.27. The highest BCUT2D eigenvalue weighted by molar-refractivity contribution is 5.55. The van der Waals surface area contributed by atoms with Crippen LogP contribution in [-0.4, -0.2) is 75.0 Å². The lowest BCUT2D eigenvalue weighted by molar-refractivity contribution is 0.0242. The van der Waals surface area contributed by atoms with Gasteiger partial charge in [0.1, 0.15) is 19.0 Å². The molecule has 0 radical (unpaired) electrons. The fourth-order valence-electron chi connectivity index (χ4n) is 3.87. The molecule has 2 fully saturated rings. The Morgan fingerprint density at radius 2 is 2.04 bits per heavy atom. The van der Waals surface area contributed by atoms with Gasteiger partial charge in [0.25, 0.3) is 0 Å². The molecule has 8 heteroatoms. The first-order valence-electron chi connectivity index (χ1n) is 10.1. The van der Waals surface area contributed by atoms with Crippen LogP contribution in [0.1, 0.15) is 20.3 Å². The maximum absolute atomic E-state index is 10.3. The summed E-state index contributed by atoms with van der Waals surface area (Å²) in [5.74, 6) is 2.00. The standard InChI is InChI=1S/C20H35N5O3/c1-13-9-25(10-13)11-16(26)12-28-18-8-15(5-6-17(18)27-4)23-20-22-14(2)7-19(21-3)24-20/h5-6,8,13-14,16,19-24,26H,7,9-12H2,1-4H3/t14?,16-,19?,20?/m1/s1. The molecule has 0 spiro atoms. The lowest BCUT2D eigenvalue weighted by Gasteiger charge is -2.38. The summed E-state index contributed by atoms with van der Waals surface area (Å²) in [6, 6.07) is 6.14. The normalized spacial score (nSPS) is 27.1. The van der Waals surface area contributed by atoms with E-state index < -0.39 is 6.10 Å². The molecule has 0 saturated carbocycles. The number of benzene rings is 1. The molecule has 158 valence electrons. The van der Waals surface area contributed by atoms with Gasteiger partial charge >= 0.3 is 0 Å². The van der Waals surface area contributed by atoms with Gasteiger partial charge in [0.05, 0.1) is 13.3 Å². The third kappa shape index (κ3) is 5.71. The molecule has 0 bridgehead atoms. The Balaban J connectivity index is 1.56. The van der Waals surface area contributed by atoms with Gasteiger partial charge in [-0.05, 0) is 38.4 Å². The number of likely N-dealkylation sites (tertiary alicyclic amines) is 1. The number of nitrogens with one attached hydrogen (secondary N) is 4. The van der Waals surface area contributed by atoms with E-state index in [9.17, 15) is 5.11 Å². The summed E-state index contributed by atoms with van der Waals surface area (Å²) in [6.45, 7) is 7.37. The van der Waals surface area contributed by atoms with E-state index in [4.69, 9.17) is 9.47 Å². The minimum Gasteiger partial charge on any atom is -0.493 e. The van der Waals surface area contributed by atoms with Crippen LogP contribution >= 0.6 is 0 Å². The minimum atomic E-state index is -0.521. The Morgan fingerprint density at radius 3 is 2.71 bits per heavy atom. The summed E-state index contributed by atoms with van der Waals surface area (Å²) in [5, 5.41) is 23.9. The molecule has 1 aromatic carbocycles. The van der Waals surface area contributed by atoms with Gasteiger partial charge in [-0.25, -0.2) is 0 Å². The van der Waals surface area contributed by atoms with Crippen molar-refractivity contribution in [3.05, 3.63) is 18.2 Å². The van der Waals surface area contributed by atoms with Crippen LogP contribution in [-0.2, 0) is 0 Å². The summed E-state index contributed by atoms with van der Waals surface area (Å²) in [5.41, 5.74) is 0.913. The Morgan fingerprint density at radius 1 is 1.25 bits per heavy atom. The molecule has 8 nitrogen and oxygen atoms in total. The first kappa shape index (κ1) is 21.1. The number of rotatable bonds is 9. The van der Waals surface area contributed by atoms with Crippen molar-refractivity contribution < 1.29 is 14.6 Å². The van der Waals surface area contributed by atoms with Gasteiger partial charge in [-0.3, -0.25) is 10.6 Å². The smallest absolute Gasteiger partial charge is 0.163 e. The molecule has 5 N–H and O–H groups in total. The number of ether oxygens (including phenoxy) is 2. The highest BCUT2D eigenvalue weighted by Gasteiger charge is 2.25. The molecule has 2 aliphatic heterocycles. The van der Waals surface area contributed by atoms with Crippen LogP contribution in [0.2, 0.25) is 0 Å². The first-order valence-corrected chi connectivity index (χ1v) is 10.1. The van der Waals surface area contributed by atoms with E-state index in [0.29, 0.717) is 24.1 Å². The molecule has 28 heavy (non-hydrogen) atoms. The highest BCUT2D eigenvalue weighted by Crippen LogP contribution is 2.30. The van der Waals surface area contributed by atoms with Gasteiger partial charge in [0, 0.05) is 37.4 Å². The van der Waals surface area contributed by atoms with Crippen molar-refractivity contribution in [3.8, 4) is 11.5 Å². The average Bonchev–Trinajstić information content (AvgIpc) is 2.64. The zero-order chi connectivity index (χ0) is 20.1. The number of nitrogens with zero attached hydrogens (tertiary/aromatic N) is 1. The number of methoxy groups -OCH3 is 1. The topological polar surface area (TPSA) is 90.0 Å². The molecule has 3 unspecified atom stereocenters. The first-order chi connectivity index (χ1) is 13.5. The van der Waals surface area contributed by atoms with Crippen LogP contribution < -0.4 is 30.7 Å². The van der Waals surface area contributed by atoms with Crippen molar-refractivity contribution in [3.63, 3.8) is 0 Å². The van der Waals surface area contributed by atoms with Gasteiger partial charge < -0.3 is 30.1 Å². The van der Waals surface area contributed by atoms with E-state index in [1.54, 1.807) is 7.11 Å². The van der Waals surface area contributed by atoms with Crippen molar-refractivity contribution in [1.82, 2.24) is 20.9 Å². The molecule has 0 aromatic heterocycles. The Labute approximate surface area is 168 Å². The predicted octanol–water partition coefficient (Wildman–Crippen LogP) is 0.599. The SMILES string of the molecule is CNC1CC(C)NC(Nc2ccc(OC)c(OC[C@H](O)CN3CC(C)C3)c2)N1. The zero-order valence-electron chi connectivity index (χ0n) is 17.4. The molecule has 1 aromatic rings. The third-order valence-corrected chi connectivity index (χ3v) is 5.27. The Kier molecular flexibility index (Phi) is 7.36. The fraction of sp³-hybridized carbons (Fsp3) is 0.700. The molecular weight excluding hydrogens is 358 g/mol. The highest BCUT2D eigenvalue weighted by atomic mass is 16.5. The Bertz CT molecular complexity index is 626. The maximum Gasteiger partial charge on any atom is 0.163 e. The van der Waals surface area contributed by atoms with Crippen LogP contribution in [0.4, 0.5) is 5.69 Å². The number of aliphatic hydroxyl groups is 1. The molecule has 2 aliphatic rings. The monoisotopic (exact) mass is 393 g/mol. The molecule has 0 amide bonds. The lowest BCUT2D eigenvalue weighted by atomic mass is 10.0. The number of β-amino-alcohol motifs (C(OH)–C–C–N with tert-alkyl or cyclic N) is 1. The van der Waals surface area contributed by atoms with E-state index in [2.05, 4.69) is 40.0 Å². The van der Waals surface area contributed by atoms with Crippen molar-refractivity contribution in [2.45, 2.75) is 44.9 Å². The fourth-order valence-corrected chi connectivity index (χ4v) is 3.87. The largest absolute Gasteiger partial charge is 0.493 e. The number of hydrogen-bond acceptors (Lipinski definition) is 8. The Hall–Kier alpha value is -1.58. The van der Waals surface area contributed by atoms with E-state index in [0.717, 1.165) is 31.1 Å². The van der Waals surface area contributed by atoms with Crippen LogP contribution in [0, 0.1) is 5.92 Å². The second-order valence-corrected chi connectivity index (χ2v) is 8.04. The van der Waals surface area contributed by atoms with E-state index in [-0.39, 0.29) is 19.1 Å². The molecule has 3 rings (SSSR count). The summed E-state index contributed by atoms with van der Waals surface area (Å²) in [4.78, 5) is 2.24. The summed E-state index contributed by atoms with van der Waals surface area (Å²) >= 11 is 0. The number of aliphatic hydroxyl groups excluding tert-OH is 1. The number of hydrogen-bond donors (Lipinski definition) is 5. The summed E-state index contributed by atoms with van der Waals surface area (Å²) in [7, 11) is 3.58. The van der Waals surface area contributed by atoms with Crippen LogP contribution in [0.15, 0.2) is 18.2 Å². The summed E-state index contributed by atoms with van der Waals surface area (Å²) < 4.78 is 11.3. The molecule has 4 atom stereocenters. The van der Waals surface area contributed by atoms with Crippen molar-refractivity contribution in [2.75, 3.05) is 45.7 Å². The summed E-state index contributed by atoms with van der Waals surface area (Å²) in [6.07, 6.45) is 0.690. The van der Waals surface area contributed by atoms with Gasteiger partial charge in [-0.1, -0.05) is 6.92 Å². The van der Waals surface area contributed by atoms with Gasteiger partial charge in [-0.2, -0.15) is 0 Å². The predicted molar refractivity (Wildman–Crippen MR) is 111 cm³/mol. The maximum atomic E-state index is 10.3. The van der Waals surface area contributed by atoms with Crippen LogP contribution in [0.5, 0.6) is 11.5 Å². The lowest BCUT2D eigenvalue weighted by Crippen LogP contribution is -2.63. The van der Waals surface area contributed by atoms with Crippen molar-refractivity contribution in [1.29, 1.82) is 0 Å². The van der Waals surface area contributed by atoms with E-state index >= 15 is 0 Å². The van der Waals surface area contributed by atoms with Crippen LogP contribution in [0.3, 0.4) is 0 Å². The van der Waals surface area contributed by atoms with Crippen molar-refractivity contribution >= 4 is 5.69 Å². The van der Waals surface area contributed by atoms with Gasteiger partial charge in [-0.15, -0.1) is 0 Å². The van der Waals surface area contributed by atoms with Gasteiger partial charge in [0.15, 0.2) is 11.5 Å². The second kappa shape index (κ2) is 9.76. The van der Waals surface area contributed by atoms with E-state index in [1.807, 2.05) is 25.2 Å². The quantitative estimate of drug-likeness (QED) is 0.417. The zero-order valence-corrected chi connectivity index (χ0v) is 17.4. The molecular formula is C20H35N5O3.